The van der Waals surface area contributed by atoms with Crippen LogP contribution in [-0.4, -0.2) is 23.4 Å². The molecular weight excluding hydrogens is 464 g/mol. The van der Waals surface area contributed by atoms with E-state index in [2.05, 4.69) is 5.10 Å². The fourth-order valence-corrected chi connectivity index (χ4v) is 3.41. The molecule has 0 saturated heterocycles. The summed E-state index contributed by atoms with van der Waals surface area (Å²) >= 11 is 6.29. The van der Waals surface area contributed by atoms with Crippen LogP contribution in [0.5, 0.6) is 0 Å². The van der Waals surface area contributed by atoms with Crippen LogP contribution in [0, 0.1) is 11.2 Å². The minimum Gasteiger partial charge on any atom is -0.443 e. The summed E-state index contributed by atoms with van der Waals surface area (Å²) in [6.45, 7) is 5.87. The zero-order chi connectivity index (χ0) is 21.2. The molecule has 3 rings (SSSR count). The number of nitrogens with zero attached hydrogens (tertiary/aromatic N) is 2. The third kappa shape index (κ3) is 5.50. The normalized spacial score (nSPS) is 17.9. The quantitative estimate of drug-likeness (QED) is 0.603. The third-order valence-electron chi connectivity index (χ3n) is 4.74. The van der Waals surface area contributed by atoms with E-state index in [1.165, 1.54) is 23.2 Å². The van der Waals surface area contributed by atoms with Gasteiger partial charge < -0.3 is 10.5 Å². The Bertz CT molecular complexity index is 935. The van der Waals surface area contributed by atoms with Gasteiger partial charge in [0.1, 0.15) is 5.82 Å². The van der Waals surface area contributed by atoms with Crippen molar-refractivity contribution in [2.24, 2.45) is 16.3 Å². The molecule has 2 N–H and O–H groups in total. The highest BCUT2D eigenvalue weighted by molar-refractivity contribution is 6.33. The number of hydrazone groups is 1. The van der Waals surface area contributed by atoms with Crippen LogP contribution in [0.1, 0.15) is 44.7 Å². The van der Waals surface area contributed by atoms with Crippen molar-refractivity contribution < 1.29 is 13.9 Å². The smallest absolute Gasteiger partial charge is 0.251 e. The van der Waals surface area contributed by atoms with E-state index in [1.54, 1.807) is 0 Å². The first-order chi connectivity index (χ1) is 13.7. The Balaban J connectivity index is 0.00000240. The Kier molecular flexibility index (Phi) is 9.33. The zero-order valence-electron chi connectivity index (χ0n) is 17.6. The van der Waals surface area contributed by atoms with Crippen LogP contribution in [0.4, 0.5) is 4.39 Å². The van der Waals surface area contributed by atoms with Gasteiger partial charge in [0.25, 0.3) is 5.91 Å². The van der Waals surface area contributed by atoms with Crippen LogP contribution in [0.3, 0.4) is 0 Å². The van der Waals surface area contributed by atoms with Gasteiger partial charge in [-0.25, -0.2) is 4.39 Å². The zero-order valence-corrected chi connectivity index (χ0v) is 20.0. The van der Waals surface area contributed by atoms with Crippen molar-refractivity contribution in [3.8, 4) is 0 Å². The molecule has 31 heavy (non-hydrogen) atoms. The number of carbonyl (C=O) groups is 1. The molecule has 0 radical (unpaired) electrons. The molecular formula is C22H27Cl3FN3O2. The number of halogens is 4. The molecule has 1 atom stereocenters. The lowest BCUT2D eigenvalue weighted by Gasteiger charge is -2.38. The minimum absolute atomic E-state index is 0. The number of rotatable bonds is 5. The molecule has 5 nitrogen and oxygen atoms in total. The van der Waals surface area contributed by atoms with Crippen LogP contribution in [0.15, 0.2) is 53.6 Å². The molecule has 1 aliphatic heterocycles. The summed E-state index contributed by atoms with van der Waals surface area (Å²) < 4.78 is 20.2. The van der Waals surface area contributed by atoms with Crippen molar-refractivity contribution in [3.05, 3.63) is 70.5 Å². The fraction of sp³-hybridized carbons (Fsp3) is 0.364. The molecule has 0 spiro atoms. The number of nitrogens with two attached hydrogens (primary N) is 1. The molecule has 0 aliphatic carbocycles. The van der Waals surface area contributed by atoms with Crippen molar-refractivity contribution in [2.75, 3.05) is 6.54 Å². The second-order valence-electron chi connectivity index (χ2n) is 8.04. The molecule has 1 unspecified atom stereocenters. The fourth-order valence-electron chi connectivity index (χ4n) is 3.22. The molecule has 0 aromatic heterocycles. The predicted octanol–water partition coefficient (Wildman–Crippen LogP) is 5.48. The number of hydrogen-bond acceptors (Lipinski definition) is 4. The summed E-state index contributed by atoms with van der Waals surface area (Å²) in [6.07, 6.45) is 1.03. The molecule has 1 amide bonds. The van der Waals surface area contributed by atoms with E-state index in [4.69, 9.17) is 22.1 Å². The highest BCUT2D eigenvalue weighted by Gasteiger charge is 2.51. The van der Waals surface area contributed by atoms with Crippen LogP contribution in [0.2, 0.25) is 5.02 Å². The summed E-state index contributed by atoms with van der Waals surface area (Å²) in [6, 6.07) is 13.3. The van der Waals surface area contributed by atoms with Crippen molar-refractivity contribution in [2.45, 2.75) is 39.3 Å². The first-order valence-corrected chi connectivity index (χ1v) is 9.90. The number of carbonyl (C=O) groups excluding carboxylic acids is 1. The number of amides is 1. The third-order valence-corrected chi connectivity index (χ3v) is 5.07. The first kappa shape index (κ1) is 27.2. The standard InChI is InChI=1S/C22H25ClFN3O2.2ClH/c1-21(2,3)20(28)27-22(12-7-13-25,15-8-5-4-6-9-15)29-19(26-27)17-14-16(24)10-11-18(17)23;;/h4-6,8-11,14H,7,12-13,25H2,1-3H3;2*1H. The van der Waals surface area contributed by atoms with Crippen molar-refractivity contribution >= 4 is 48.2 Å². The van der Waals surface area contributed by atoms with E-state index in [0.29, 0.717) is 24.9 Å². The maximum atomic E-state index is 13.9. The Labute approximate surface area is 199 Å². The molecule has 1 heterocycles. The minimum atomic E-state index is -1.18. The van der Waals surface area contributed by atoms with Crippen LogP contribution < -0.4 is 5.73 Å². The molecule has 2 aromatic rings. The summed E-state index contributed by atoms with van der Waals surface area (Å²) in [4.78, 5) is 13.3. The second kappa shape index (κ2) is 10.6. The van der Waals surface area contributed by atoms with Gasteiger partial charge in [-0.1, -0.05) is 62.7 Å². The van der Waals surface area contributed by atoms with E-state index in [1.807, 2.05) is 51.1 Å². The highest BCUT2D eigenvalue weighted by atomic mass is 35.5. The Hall–Kier alpha value is -1.86. The lowest BCUT2D eigenvalue weighted by Crippen LogP contribution is -2.49. The van der Waals surface area contributed by atoms with Crippen LogP contribution >= 0.6 is 36.4 Å². The maximum Gasteiger partial charge on any atom is 0.251 e. The van der Waals surface area contributed by atoms with Gasteiger partial charge in [-0.3, -0.25) is 4.79 Å². The first-order valence-electron chi connectivity index (χ1n) is 9.52. The van der Waals surface area contributed by atoms with Gasteiger partial charge in [-0.15, -0.1) is 29.9 Å². The van der Waals surface area contributed by atoms with Gasteiger partial charge in [-0.2, -0.15) is 5.01 Å². The van der Waals surface area contributed by atoms with E-state index >= 15 is 0 Å². The predicted molar refractivity (Wildman–Crippen MR) is 126 cm³/mol. The second-order valence-corrected chi connectivity index (χ2v) is 8.45. The van der Waals surface area contributed by atoms with Crippen molar-refractivity contribution in [1.82, 2.24) is 5.01 Å². The van der Waals surface area contributed by atoms with E-state index in [0.717, 1.165) is 5.56 Å². The van der Waals surface area contributed by atoms with Crippen molar-refractivity contribution in [3.63, 3.8) is 0 Å². The molecule has 170 valence electrons. The maximum absolute atomic E-state index is 13.9. The monoisotopic (exact) mass is 489 g/mol. The van der Waals surface area contributed by atoms with Crippen LogP contribution in [0.25, 0.3) is 0 Å². The number of benzene rings is 2. The molecule has 1 aliphatic rings. The van der Waals surface area contributed by atoms with E-state index in [9.17, 15) is 9.18 Å². The average Bonchev–Trinajstić information content (AvgIpc) is 3.08. The van der Waals surface area contributed by atoms with E-state index < -0.39 is 17.0 Å². The molecule has 0 fully saturated rings. The van der Waals surface area contributed by atoms with E-state index in [-0.39, 0.29) is 41.6 Å². The lowest BCUT2D eigenvalue weighted by atomic mass is 9.91. The van der Waals surface area contributed by atoms with Gasteiger partial charge in [0.2, 0.25) is 11.6 Å². The molecule has 0 bridgehead atoms. The highest BCUT2D eigenvalue weighted by Crippen LogP contribution is 2.43. The van der Waals surface area contributed by atoms with Crippen LogP contribution in [-0.2, 0) is 15.3 Å². The molecule has 9 heteroatoms. The number of ether oxygens (including phenoxy) is 1. The molecule has 0 saturated carbocycles. The Morgan fingerprint density at radius 2 is 1.84 bits per heavy atom. The average molecular weight is 491 g/mol. The Morgan fingerprint density at radius 1 is 1.19 bits per heavy atom. The summed E-state index contributed by atoms with van der Waals surface area (Å²) in [5.74, 6) is -0.586. The van der Waals surface area contributed by atoms with Gasteiger partial charge in [-0.05, 0) is 31.2 Å². The Morgan fingerprint density at radius 3 is 2.42 bits per heavy atom. The summed E-state index contributed by atoms with van der Waals surface area (Å²) in [7, 11) is 0. The molecule has 2 aromatic carbocycles. The van der Waals surface area contributed by atoms with Gasteiger partial charge in [0, 0.05) is 17.4 Å². The lowest BCUT2D eigenvalue weighted by molar-refractivity contribution is -0.161. The van der Waals surface area contributed by atoms with Gasteiger partial charge in [0.15, 0.2) is 0 Å². The van der Waals surface area contributed by atoms with Gasteiger partial charge >= 0.3 is 0 Å². The SMILES string of the molecule is CC(C)(C)C(=O)N1N=C(c2cc(F)ccc2Cl)OC1(CCCN)c1ccccc1.Cl.Cl. The van der Waals surface area contributed by atoms with Crippen molar-refractivity contribution in [1.29, 1.82) is 0 Å². The van der Waals surface area contributed by atoms with Gasteiger partial charge in [0.05, 0.1) is 10.6 Å². The topological polar surface area (TPSA) is 67.9 Å². The summed E-state index contributed by atoms with van der Waals surface area (Å²) in [5.41, 5.74) is 4.93. The summed E-state index contributed by atoms with van der Waals surface area (Å²) in [5, 5.41) is 6.15. The number of hydrogen-bond donors (Lipinski definition) is 1. The largest absolute Gasteiger partial charge is 0.443 e.